The van der Waals surface area contributed by atoms with Crippen molar-refractivity contribution in [3.63, 3.8) is 0 Å². The van der Waals surface area contributed by atoms with Gasteiger partial charge in [-0.05, 0) is 18.7 Å². The molecule has 0 spiro atoms. The number of hydrogen-bond acceptors (Lipinski definition) is 3. The first-order valence-corrected chi connectivity index (χ1v) is 4.32. The zero-order valence-corrected chi connectivity index (χ0v) is 6.66. The Morgan fingerprint density at radius 1 is 1.70 bits per heavy atom. The summed E-state index contributed by atoms with van der Waals surface area (Å²) < 4.78 is 9.65. The van der Waals surface area contributed by atoms with Gasteiger partial charge in [-0.3, -0.25) is 4.58 Å². The van der Waals surface area contributed by atoms with Crippen LogP contribution in [0, 0.1) is 0 Å². The predicted octanol–water partition coefficient (Wildman–Crippen LogP) is 1.40. The monoisotopic (exact) mass is 156 g/mol. The van der Waals surface area contributed by atoms with E-state index in [1.54, 1.807) is 6.26 Å². The van der Waals surface area contributed by atoms with Gasteiger partial charge >= 0.3 is 0 Å². The smallest absolute Gasteiger partial charge is 0.279 e. The van der Waals surface area contributed by atoms with Gasteiger partial charge in [0, 0.05) is 0 Å². The van der Waals surface area contributed by atoms with E-state index < -0.39 is 0 Å². The van der Waals surface area contributed by atoms with Crippen LogP contribution in [0.15, 0.2) is 22.8 Å². The molecule has 0 saturated heterocycles. The molecule has 4 heteroatoms. The van der Waals surface area contributed by atoms with Crippen molar-refractivity contribution in [2.75, 3.05) is 0 Å². The minimum Gasteiger partial charge on any atom is -0.467 e. The lowest BCUT2D eigenvalue weighted by atomic mass is 10.5. The fourth-order valence-electron chi connectivity index (χ4n) is 0.541. The molecular formula is C6H8O3Si. The van der Waals surface area contributed by atoms with Crippen LogP contribution < -0.4 is 0 Å². The zero-order valence-electron chi connectivity index (χ0n) is 5.66. The van der Waals surface area contributed by atoms with Crippen LogP contribution in [0.4, 0.5) is 0 Å². The van der Waals surface area contributed by atoms with Gasteiger partial charge in [-0.25, -0.2) is 4.89 Å². The molecule has 0 atom stereocenters. The van der Waals surface area contributed by atoms with E-state index in [1.165, 1.54) is 0 Å². The second-order valence-corrected chi connectivity index (χ2v) is 2.20. The summed E-state index contributed by atoms with van der Waals surface area (Å²) in [6.45, 7) is 2.27. The summed E-state index contributed by atoms with van der Waals surface area (Å²) in [6, 6.07) is 3.65. The molecule has 0 fully saturated rings. The Labute approximate surface area is 61.8 Å². The second-order valence-electron chi connectivity index (χ2n) is 1.63. The van der Waals surface area contributed by atoms with Crippen LogP contribution in [0.3, 0.4) is 0 Å². The van der Waals surface area contributed by atoms with Crippen molar-refractivity contribution in [1.29, 1.82) is 0 Å². The predicted molar refractivity (Wildman–Crippen MR) is 36.2 cm³/mol. The van der Waals surface area contributed by atoms with Gasteiger partial charge in [0.1, 0.15) is 12.4 Å². The highest BCUT2D eigenvalue weighted by molar-refractivity contribution is 6.24. The van der Waals surface area contributed by atoms with E-state index in [1.807, 2.05) is 18.7 Å². The Morgan fingerprint density at radius 2 is 2.60 bits per heavy atom. The van der Waals surface area contributed by atoms with Crippen molar-refractivity contribution in [1.82, 2.24) is 0 Å². The summed E-state index contributed by atoms with van der Waals surface area (Å²) >= 11 is 0. The average molecular weight is 156 g/mol. The van der Waals surface area contributed by atoms with Crippen LogP contribution in [0.1, 0.15) is 5.76 Å². The van der Waals surface area contributed by atoms with E-state index in [4.69, 9.17) is 9.30 Å². The molecule has 0 aliphatic rings. The van der Waals surface area contributed by atoms with Crippen molar-refractivity contribution in [2.45, 2.75) is 13.2 Å². The van der Waals surface area contributed by atoms with E-state index in [2.05, 4.69) is 4.58 Å². The highest BCUT2D eigenvalue weighted by atomic mass is 28.2. The maximum absolute atomic E-state index is 4.98. The molecule has 54 valence electrons. The molecule has 1 aromatic rings. The van der Waals surface area contributed by atoms with Crippen LogP contribution in [-0.4, -0.2) is 9.76 Å². The van der Waals surface area contributed by atoms with E-state index in [0.717, 1.165) is 5.76 Å². The molecule has 1 heterocycles. The van der Waals surface area contributed by atoms with E-state index >= 15 is 0 Å². The third kappa shape index (κ3) is 2.34. The Bertz CT molecular complexity index is 162. The first kappa shape index (κ1) is 7.52. The summed E-state index contributed by atoms with van der Waals surface area (Å²) in [6.07, 6.45) is 1.60. The molecule has 1 aromatic heterocycles. The lowest BCUT2D eigenvalue weighted by molar-refractivity contribution is -0.222. The Kier molecular flexibility index (Phi) is 3.21. The molecular weight excluding hydrogens is 148 g/mol. The SMILES string of the molecule is C[Si]OOCc1ccco1. The van der Waals surface area contributed by atoms with Crippen LogP contribution in [-0.2, 0) is 16.1 Å². The highest BCUT2D eigenvalue weighted by Crippen LogP contribution is 2.00. The largest absolute Gasteiger partial charge is 0.467 e. The summed E-state index contributed by atoms with van der Waals surface area (Å²) in [5.74, 6) is 0.776. The molecule has 10 heavy (non-hydrogen) atoms. The molecule has 0 aliphatic carbocycles. The number of rotatable bonds is 4. The number of furan rings is 1. The Balaban J connectivity index is 2.15. The molecule has 0 N–H and O–H groups in total. The molecule has 0 aromatic carbocycles. The molecule has 0 bridgehead atoms. The summed E-state index contributed by atoms with van der Waals surface area (Å²) in [5.41, 5.74) is 0. The third-order valence-electron chi connectivity index (χ3n) is 0.924. The van der Waals surface area contributed by atoms with Gasteiger partial charge in [-0.2, -0.15) is 0 Å². The minimum absolute atomic E-state index is 0.355. The Morgan fingerprint density at radius 3 is 3.20 bits per heavy atom. The van der Waals surface area contributed by atoms with Gasteiger partial charge in [0.05, 0.1) is 6.26 Å². The van der Waals surface area contributed by atoms with Crippen molar-refractivity contribution < 1.29 is 13.9 Å². The van der Waals surface area contributed by atoms with Crippen molar-refractivity contribution in [3.8, 4) is 0 Å². The second kappa shape index (κ2) is 4.27. The van der Waals surface area contributed by atoms with Gasteiger partial charge in [-0.15, -0.1) is 0 Å². The quantitative estimate of drug-likeness (QED) is 0.286. The van der Waals surface area contributed by atoms with Crippen LogP contribution in [0.5, 0.6) is 0 Å². The average Bonchev–Trinajstić information content (AvgIpc) is 2.41. The Hall–Kier alpha value is -0.583. The molecule has 0 saturated carbocycles. The highest BCUT2D eigenvalue weighted by Gasteiger charge is 1.93. The van der Waals surface area contributed by atoms with Crippen LogP contribution >= 0.6 is 0 Å². The standard InChI is InChI=1S/C6H8O3Si/c1-10-9-8-5-6-3-2-4-7-6/h2-4H,5H2,1H3. The first-order valence-electron chi connectivity index (χ1n) is 2.91. The molecule has 0 aliphatic heterocycles. The first-order chi connectivity index (χ1) is 4.93. The van der Waals surface area contributed by atoms with Crippen molar-refractivity contribution in [3.05, 3.63) is 24.2 Å². The van der Waals surface area contributed by atoms with Crippen LogP contribution in [0.25, 0.3) is 0 Å². The van der Waals surface area contributed by atoms with Gasteiger partial charge in [0.2, 0.25) is 0 Å². The van der Waals surface area contributed by atoms with E-state index in [9.17, 15) is 0 Å². The fraction of sp³-hybridized carbons (Fsp3) is 0.333. The fourth-order valence-corrected chi connectivity index (χ4v) is 0.718. The van der Waals surface area contributed by atoms with Gasteiger partial charge in [0.15, 0.2) is 0 Å². The lowest BCUT2D eigenvalue weighted by Crippen LogP contribution is -1.95. The normalized spacial score (nSPS) is 10.1. The maximum Gasteiger partial charge on any atom is 0.279 e. The zero-order chi connectivity index (χ0) is 7.23. The lowest BCUT2D eigenvalue weighted by Gasteiger charge is -1.96. The third-order valence-corrected chi connectivity index (χ3v) is 1.21. The molecule has 1 rings (SSSR count). The minimum atomic E-state index is 0.355. The maximum atomic E-state index is 4.98. The van der Waals surface area contributed by atoms with Gasteiger partial charge in [0.25, 0.3) is 9.76 Å². The molecule has 2 radical (unpaired) electrons. The van der Waals surface area contributed by atoms with Gasteiger partial charge < -0.3 is 4.42 Å². The van der Waals surface area contributed by atoms with Gasteiger partial charge in [-0.1, -0.05) is 0 Å². The molecule has 0 amide bonds. The molecule has 3 nitrogen and oxygen atoms in total. The van der Waals surface area contributed by atoms with Crippen molar-refractivity contribution >= 4 is 9.76 Å². The van der Waals surface area contributed by atoms with Crippen LogP contribution in [0.2, 0.25) is 6.55 Å². The summed E-state index contributed by atoms with van der Waals surface area (Å²) in [4.78, 5) is 4.75. The van der Waals surface area contributed by atoms with E-state index in [-0.39, 0.29) is 0 Å². The molecule has 0 unspecified atom stereocenters. The summed E-state index contributed by atoms with van der Waals surface area (Å²) in [5, 5.41) is 0. The topological polar surface area (TPSA) is 31.6 Å². The van der Waals surface area contributed by atoms with E-state index in [0.29, 0.717) is 16.4 Å². The number of hydrogen-bond donors (Lipinski definition) is 0. The van der Waals surface area contributed by atoms with Crippen molar-refractivity contribution in [2.24, 2.45) is 0 Å². The summed E-state index contributed by atoms with van der Waals surface area (Å²) in [7, 11) is 0.355.